The molecular formula is C13H21NS. The van der Waals surface area contributed by atoms with Gasteiger partial charge in [-0.1, -0.05) is 38.8 Å². The summed E-state index contributed by atoms with van der Waals surface area (Å²) in [5, 5.41) is 0. The number of hydrogen-bond acceptors (Lipinski definition) is 2. The van der Waals surface area contributed by atoms with Gasteiger partial charge in [-0.25, -0.2) is 0 Å². The minimum absolute atomic E-state index is 0.216. The van der Waals surface area contributed by atoms with Gasteiger partial charge in [0.15, 0.2) is 0 Å². The van der Waals surface area contributed by atoms with Crippen molar-refractivity contribution in [3.63, 3.8) is 0 Å². The van der Waals surface area contributed by atoms with Gasteiger partial charge in [0.2, 0.25) is 0 Å². The first kappa shape index (κ1) is 12.4. The van der Waals surface area contributed by atoms with Crippen LogP contribution < -0.4 is 4.72 Å². The number of rotatable bonds is 2. The van der Waals surface area contributed by atoms with Crippen molar-refractivity contribution < 1.29 is 0 Å². The fourth-order valence-corrected chi connectivity index (χ4v) is 1.94. The first-order valence-corrected chi connectivity index (χ1v) is 6.49. The minimum Gasteiger partial charge on any atom is -0.330 e. The molecule has 0 heterocycles. The molecule has 15 heavy (non-hydrogen) atoms. The molecule has 0 aliphatic carbocycles. The average Bonchev–Trinajstić information content (AvgIpc) is 2.11. The number of benzene rings is 1. The predicted molar refractivity (Wildman–Crippen MR) is 71.8 cm³/mol. The Labute approximate surface area is 97.8 Å². The van der Waals surface area contributed by atoms with E-state index in [4.69, 9.17) is 0 Å². The molecule has 0 aliphatic rings. The number of aryl methyl sites for hydroxylation is 1. The summed E-state index contributed by atoms with van der Waals surface area (Å²) in [6.45, 7) is 11.1. The average molecular weight is 223 g/mol. The van der Waals surface area contributed by atoms with Crippen LogP contribution in [0.2, 0.25) is 0 Å². The van der Waals surface area contributed by atoms with Gasteiger partial charge in [-0.3, -0.25) is 0 Å². The highest BCUT2D eigenvalue weighted by Crippen LogP contribution is 2.30. The molecule has 0 fully saturated rings. The molecule has 0 radical (unpaired) electrons. The van der Waals surface area contributed by atoms with Crippen LogP contribution in [0.15, 0.2) is 12.1 Å². The topological polar surface area (TPSA) is 12.0 Å². The van der Waals surface area contributed by atoms with Gasteiger partial charge in [0.05, 0.1) is 0 Å². The van der Waals surface area contributed by atoms with E-state index in [1.165, 1.54) is 22.4 Å². The first-order chi connectivity index (χ1) is 6.86. The largest absolute Gasteiger partial charge is 0.330 e. The predicted octanol–water partition coefficient (Wildman–Crippen LogP) is 4.29. The zero-order valence-electron chi connectivity index (χ0n) is 10.6. The van der Waals surface area contributed by atoms with E-state index < -0.39 is 0 Å². The lowest BCUT2D eigenvalue weighted by Crippen LogP contribution is -2.12. The summed E-state index contributed by atoms with van der Waals surface area (Å²) >= 11 is 1.65. The maximum atomic E-state index is 3.35. The number of anilines is 1. The van der Waals surface area contributed by atoms with E-state index >= 15 is 0 Å². The smallest absolute Gasteiger partial charge is 0.0474 e. The fraction of sp³-hybridized carbons (Fsp3) is 0.538. The van der Waals surface area contributed by atoms with Crippen molar-refractivity contribution in [2.24, 2.45) is 0 Å². The van der Waals surface area contributed by atoms with Crippen LogP contribution in [0.3, 0.4) is 0 Å². The van der Waals surface area contributed by atoms with Gasteiger partial charge in [0.1, 0.15) is 0 Å². The van der Waals surface area contributed by atoms with Crippen molar-refractivity contribution in [3.8, 4) is 0 Å². The third-order valence-corrected chi connectivity index (χ3v) is 3.17. The highest BCUT2D eigenvalue weighted by atomic mass is 32.2. The van der Waals surface area contributed by atoms with E-state index in [-0.39, 0.29) is 5.41 Å². The summed E-state index contributed by atoms with van der Waals surface area (Å²) in [5.74, 6) is 0. The molecule has 0 aliphatic heterocycles. The van der Waals surface area contributed by atoms with E-state index in [0.29, 0.717) is 0 Å². The van der Waals surface area contributed by atoms with Gasteiger partial charge >= 0.3 is 0 Å². The van der Waals surface area contributed by atoms with E-state index in [1.54, 1.807) is 11.9 Å². The zero-order valence-corrected chi connectivity index (χ0v) is 11.4. The van der Waals surface area contributed by atoms with E-state index in [1.807, 2.05) is 0 Å². The van der Waals surface area contributed by atoms with Crippen LogP contribution in [0.25, 0.3) is 0 Å². The van der Waals surface area contributed by atoms with Gasteiger partial charge in [0, 0.05) is 11.9 Å². The Morgan fingerprint density at radius 1 is 1.13 bits per heavy atom. The van der Waals surface area contributed by atoms with Crippen LogP contribution in [-0.2, 0) is 5.41 Å². The molecule has 0 saturated carbocycles. The van der Waals surface area contributed by atoms with Crippen LogP contribution in [0.5, 0.6) is 0 Å². The van der Waals surface area contributed by atoms with Crippen molar-refractivity contribution in [2.45, 2.75) is 40.0 Å². The van der Waals surface area contributed by atoms with Crippen molar-refractivity contribution in [1.29, 1.82) is 0 Å². The molecule has 0 aromatic heterocycles. The normalized spacial score (nSPS) is 11.6. The zero-order chi connectivity index (χ0) is 11.6. The van der Waals surface area contributed by atoms with Crippen molar-refractivity contribution in [2.75, 3.05) is 11.0 Å². The van der Waals surface area contributed by atoms with Crippen LogP contribution in [0.1, 0.15) is 37.5 Å². The Balaban J connectivity index is 3.23. The Hall–Kier alpha value is -0.630. The highest BCUT2D eigenvalue weighted by Gasteiger charge is 2.16. The Kier molecular flexibility index (Phi) is 3.72. The Bertz CT molecular complexity index is 350. The molecule has 1 aromatic carbocycles. The van der Waals surface area contributed by atoms with E-state index in [0.717, 1.165) is 0 Å². The van der Waals surface area contributed by atoms with E-state index in [9.17, 15) is 0 Å². The molecule has 0 unspecified atom stereocenters. The minimum atomic E-state index is 0.216. The quantitative estimate of drug-likeness (QED) is 0.751. The van der Waals surface area contributed by atoms with Crippen molar-refractivity contribution in [1.82, 2.24) is 0 Å². The lowest BCUT2D eigenvalue weighted by atomic mass is 9.85. The maximum Gasteiger partial charge on any atom is 0.0474 e. The monoisotopic (exact) mass is 223 g/mol. The lowest BCUT2D eigenvalue weighted by Gasteiger charge is -2.22. The first-order valence-electron chi connectivity index (χ1n) is 5.27. The molecule has 2 heteroatoms. The lowest BCUT2D eigenvalue weighted by molar-refractivity contribution is 0.590. The second-order valence-electron chi connectivity index (χ2n) is 5.02. The van der Waals surface area contributed by atoms with Gasteiger partial charge in [0.25, 0.3) is 0 Å². The highest BCUT2D eigenvalue weighted by molar-refractivity contribution is 7.99. The summed E-state index contributed by atoms with van der Waals surface area (Å²) in [6.07, 6.45) is 2.05. The molecular weight excluding hydrogens is 202 g/mol. The number of nitrogens with one attached hydrogen (secondary N) is 1. The van der Waals surface area contributed by atoms with Gasteiger partial charge in [-0.05, 0) is 42.0 Å². The summed E-state index contributed by atoms with van der Waals surface area (Å²) < 4.78 is 3.35. The molecule has 84 valence electrons. The van der Waals surface area contributed by atoms with Crippen LogP contribution in [-0.4, -0.2) is 6.26 Å². The third kappa shape index (κ3) is 2.91. The number of hydrogen-bond donors (Lipinski definition) is 1. The molecule has 0 saturated heterocycles. The fourth-order valence-electron chi connectivity index (χ4n) is 1.51. The van der Waals surface area contributed by atoms with Crippen molar-refractivity contribution in [3.05, 3.63) is 28.8 Å². The Morgan fingerprint density at radius 2 is 1.73 bits per heavy atom. The van der Waals surface area contributed by atoms with Crippen LogP contribution in [0.4, 0.5) is 5.69 Å². The molecule has 1 aromatic rings. The van der Waals surface area contributed by atoms with Crippen LogP contribution in [0, 0.1) is 13.8 Å². The SMILES string of the molecule is CSNc1cc(C(C)(C)C)cc(C)c1C. The Morgan fingerprint density at radius 3 is 2.20 bits per heavy atom. The third-order valence-electron chi connectivity index (χ3n) is 2.75. The second kappa shape index (κ2) is 4.48. The summed E-state index contributed by atoms with van der Waals surface area (Å²) in [6, 6.07) is 4.56. The molecule has 0 amide bonds. The maximum absolute atomic E-state index is 3.35. The summed E-state index contributed by atoms with van der Waals surface area (Å²) in [4.78, 5) is 0. The molecule has 0 bridgehead atoms. The van der Waals surface area contributed by atoms with Gasteiger partial charge in [-0.2, -0.15) is 0 Å². The van der Waals surface area contributed by atoms with E-state index in [2.05, 4.69) is 57.7 Å². The molecule has 1 rings (SSSR count). The van der Waals surface area contributed by atoms with Crippen molar-refractivity contribution >= 4 is 17.6 Å². The summed E-state index contributed by atoms with van der Waals surface area (Å²) in [7, 11) is 0. The van der Waals surface area contributed by atoms with Gasteiger partial charge in [-0.15, -0.1) is 0 Å². The van der Waals surface area contributed by atoms with Gasteiger partial charge < -0.3 is 4.72 Å². The second-order valence-corrected chi connectivity index (χ2v) is 5.63. The molecule has 1 nitrogen and oxygen atoms in total. The molecule has 0 atom stereocenters. The van der Waals surface area contributed by atoms with Crippen LogP contribution >= 0.6 is 11.9 Å². The standard InChI is InChI=1S/C13H21NS/c1-9-7-11(13(3,4)5)8-12(10(9)2)14-15-6/h7-8,14H,1-6H3. The molecule has 0 spiro atoms. The summed E-state index contributed by atoms with van der Waals surface area (Å²) in [5.41, 5.74) is 5.55. The molecule has 1 N–H and O–H groups in total.